The molecule has 0 bridgehead atoms. The first-order chi connectivity index (χ1) is 9.49. The summed E-state index contributed by atoms with van der Waals surface area (Å²) < 4.78 is 4.96. The molecule has 0 N–H and O–H groups in total. The van der Waals surface area contributed by atoms with Crippen molar-refractivity contribution in [2.24, 2.45) is 0 Å². The van der Waals surface area contributed by atoms with E-state index in [2.05, 4.69) is 19.0 Å². The van der Waals surface area contributed by atoms with Gasteiger partial charge in [-0.3, -0.25) is 10.1 Å². The average molecular weight is 272 g/mol. The lowest BCUT2D eigenvalue weighted by Crippen LogP contribution is -1.90. The van der Waals surface area contributed by atoms with Gasteiger partial charge in [0.05, 0.1) is 4.92 Å². The van der Waals surface area contributed by atoms with Gasteiger partial charge in [0, 0.05) is 0 Å². The minimum absolute atomic E-state index is 0.0833. The van der Waals surface area contributed by atoms with E-state index in [1.165, 1.54) is 5.56 Å². The summed E-state index contributed by atoms with van der Waals surface area (Å²) in [6.45, 7) is 5.81. The highest BCUT2D eigenvalue weighted by molar-refractivity contribution is 5.71. The minimum Gasteiger partial charge on any atom is -0.349 e. The fourth-order valence-electron chi connectivity index (χ4n) is 1.88. The lowest BCUT2D eigenvalue weighted by atomic mass is 10.0. The molecule has 1 aromatic carbocycles. The Morgan fingerprint density at radius 3 is 2.45 bits per heavy atom. The zero-order valence-corrected chi connectivity index (χ0v) is 11.7. The molecule has 0 fully saturated rings. The number of aromatic nitrogens is 1. The predicted molar refractivity (Wildman–Crippen MR) is 77.4 cm³/mol. The van der Waals surface area contributed by atoms with Gasteiger partial charge in [-0.25, -0.2) is 0 Å². The Labute approximate surface area is 117 Å². The van der Waals surface area contributed by atoms with Crippen molar-refractivity contribution in [3.05, 3.63) is 57.0 Å². The van der Waals surface area contributed by atoms with Crippen LogP contribution in [-0.4, -0.2) is 10.1 Å². The zero-order valence-electron chi connectivity index (χ0n) is 11.7. The lowest BCUT2D eigenvalue weighted by Gasteiger charge is -2.04. The van der Waals surface area contributed by atoms with E-state index in [9.17, 15) is 10.1 Å². The number of aryl methyl sites for hydroxylation is 1. The Morgan fingerprint density at radius 1 is 1.25 bits per heavy atom. The van der Waals surface area contributed by atoms with E-state index in [1.807, 2.05) is 24.3 Å². The number of hydrogen-bond donors (Lipinski definition) is 0. The largest absolute Gasteiger partial charge is 0.349 e. The molecule has 2 aromatic rings. The summed E-state index contributed by atoms with van der Waals surface area (Å²) >= 11 is 0. The number of nitrogens with zero attached hydrogens (tertiary/aromatic N) is 2. The van der Waals surface area contributed by atoms with Crippen molar-refractivity contribution in [1.29, 1.82) is 0 Å². The van der Waals surface area contributed by atoms with Crippen molar-refractivity contribution in [2.45, 2.75) is 26.7 Å². The van der Waals surface area contributed by atoms with Crippen molar-refractivity contribution in [1.82, 2.24) is 5.16 Å². The molecular weight excluding hydrogens is 256 g/mol. The number of benzene rings is 1. The van der Waals surface area contributed by atoms with Crippen LogP contribution in [0.4, 0.5) is 5.69 Å². The lowest BCUT2D eigenvalue weighted by molar-refractivity contribution is -0.386. The van der Waals surface area contributed by atoms with Crippen molar-refractivity contribution in [2.75, 3.05) is 0 Å². The third-order valence-electron chi connectivity index (χ3n) is 3.07. The molecule has 0 spiro atoms. The summed E-state index contributed by atoms with van der Waals surface area (Å²) in [6.07, 6.45) is 3.35. The maximum Gasteiger partial charge on any atom is 0.338 e. The van der Waals surface area contributed by atoms with Crippen LogP contribution >= 0.6 is 0 Å². The van der Waals surface area contributed by atoms with Gasteiger partial charge in [-0.2, -0.15) is 0 Å². The second-order valence-electron chi connectivity index (χ2n) is 4.89. The van der Waals surface area contributed by atoms with E-state index in [4.69, 9.17) is 4.52 Å². The molecule has 1 aromatic heterocycles. The Kier molecular flexibility index (Phi) is 3.98. The highest BCUT2D eigenvalue weighted by Gasteiger charge is 2.21. The second-order valence-corrected chi connectivity index (χ2v) is 4.89. The molecule has 0 aliphatic carbocycles. The van der Waals surface area contributed by atoms with Gasteiger partial charge < -0.3 is 4.52 Å². The predicted octanol–water partition coefficient (Wildman–Crippen LogP) is 4.19. The van der Waals surface area contributed by atoms with Crippen LogP contribution in [0.5, 0.6) is 0 Å². The van der Waals surface area contributed by atoms with Crippen LogP contribution in [0.3, 0.4) is 0 Å². The topological polar surface area (TPSA) is 69.2 Å². The molecule has 0 aliphatic heterocycles. The van der Waals surface area contributed by atoms with Crippen LogP contribution in [0.2, 0.25) is 0 Å². The highest BCUT2D eigenvalue weighted by atomic mass is 16.6. The molecule has 0 unspecified atom stereocenters. The van der Waals surface area contributed by atoms with Crippen molar-refractivity contribution >= 4 is 17.8 Å². The minimum atomic E-state index is -0.479. The van der Waals surface area contributed by atoms with Crippen LogP contribution in [0, 0.1) is 17.0 Å². The smallest absolute Gasteiger partial charge is 0.338 e. The summed E-state index contributed by atoms with van der Waals surface area (Å²) in [4.78, 5) is 10.4. The van der Waals surface area contributed by atoms with Crippen molar-refractivity contribution in [3.8, 4) is 0 Å². The van der Waals surface area contributed by atoms with Gasteiger partial charge in [-0.1, -0.05) is 49.3 Å². The van der Waals surface area contributed by atoms with E-state index in [0.717, 1.165) is 5.56 Å². The van der Waals surface area contributed by atoms with Gasteiger partial charge in [0.15, 0.2) is 5.69 Å². The third-order valence-corrected chi connectivity index (χ3v) is 3.07. The standard InChI is InChI=1S/C15H16N2O3/c1-10(2)13-7-4-12(5-8-13)6-9-14-15(17(18)19)11(3)16-20-14/h4-10H,1-3H3/b9-6-. The Morgan fingerprint density at radius 2 is 1.90 bits per heavy atom. The van der Waals surface area contributed by atoms with Crippen LogP contribution in [0.1, 0.15) is 42.3 Å². The van der Waals surface area contributed by atoms with Gasteiger partial charge in [-0.15, -0.1) is 0 Å². The molecule has 1 heterocycles. The fourth-order valence-corrected chi connectivity index (χ4v) is 1.88. The number of nitro groups is 1. The van der Waals surface area contributed by atoms with Crippen LogP contribution < -0.4 is 0 Å². The van der Waals surface area contributed by atoms with Crippen molar-refractivity contribution < 1.29 is 9.45 Å². The summed E-state index contributed by atoms with van der Waals surface area (Å²) in [6, 6.07) is 8.04. The summed E-state index contributed by atoms with van der Waals surface area (Å²) in [5.41, 5.74) is 2.41. The summed E-state index contributed by atoms with van der Waals surface area (Å²) in [5, 5.41) is 14.5. The molecule has 0 atom stereocenters. The number of hydrogen-bond acceptors (Lipinski definition) is 4. The van der Waals surface area contributed by atoms with Gasteiger partial charge in [0.1, 0.15) is 0 Å². The molecule has 5 heteroatoms. The van der Waals surface area contributed by atoms with Crippen LogP contribution in [-0.2, 0) is 0 Å². The molecule has 20 heavy (non-hydrogen) atoms. The number of rotatable bonds is 4. The SMILES string of the molecule is Cc1noc(/C=C\c2ccc(C(C)C)cc2)c1[N+](=O)[O-]. The Hall–Kier alpha value is -2.43. The normalized spacial score (nSPS) is 11.4. The molecule has 0 amide bonds. The Bertz CT molecular complexity index is 640. The van der Waals surface area contributed by atoms with Gasteiger partial charge in [0.25, 0.3) is 0 Å². The first-order valence-corrected chi connectivity index (χ1v) is 6.37. The van der Waals surface area contributed by atoms with Crippen molar-refractivity contribution in [3.63, 3.8) is 0 Å². The van der Waals surface area contributed by atoms with E-state index in [-0.39, 0.29) is 17.1 Å². The van der Waals surface area contributed by atoms with Gasteiger partial charge in [-0.05, 0) is 30.0 Å². The molecule has 5 nitrogen and oxygen atoms in total. The highest BCUT2D eigenvalue weighted by Crippen LogP contribution is 2.24. The van der Waals surface area contributed by atoms with E-state index in [1.54, 1.807) is 19.1 Å². The molecule has 2 rings (SSSR count). The Balaban J connectivity index is 2.23. The molecular formula is C15H16N2O3. The first kappa shape index (κ1) is 14.0. The maximum atomic E-state index is 10.9. The third kappa shape index (κ3) is 2.93. The van der Waals surface area contributed by atoms with Gasteiger partial charge >= 0.3 is 5.69 Å². The van der Waals surface area contributed by atoms with E-state index in [0.29, 0.717) is 5.92 Å². The molecule has 0 saturated heterocycles. The van der Waals surface area contributed by atoms with Crippen LogP contribution in [0.15, 0.2) is 28.8 Å². The summed E-state index contributed by atoms with van der Waals surface area (Å²) in [7, 11) is 0. The maximum absolute atomic E-state index is 10.9. The molecule has 0 aliphatic rings. The summed E-state index contributed by atoms with van der Waals surface area (Å²) in [5.74, 6) is 0.645. The van der Waals surface area contributed by atoms with E-state index >= 15 is 0 Å². The second kappa shape index (κ2) is 5.69. The molecule has 0 saturated carbocycles. The zero-order chi connectivity index (χ0) is 14.7. The van der Waals surface area contributed by atoms with Gasteiger partial charge in [0.2, 0.25) is 5.76 Å². The quantitative estimate of drug-likeness (QED) is 0.618. The molecule has 0 radical (unpaired) electrons. The fraction of sp³-hybridized carbons (Fsp3) is 0.267. The first-order valence-electron chi connectivity index (χ1n) is 6.37. The van der Waals surface area contributed by atoms with E-state index < -0.39 is 4.92 Å². The molecule has 104 valence electrons. The average Bonchev–Trinajstić information content (AvgIpc) is 2.78. The van der Waals surface area contributed by atoms with Crippen LogP contribution in [0.25, 0.3) is 12.2 Å². The monoisotopic (exact) mass is 272 g/mol.